The van der Waals surface area contributed by atoms with Crippen molar-refractivity contribution in [2.75, 3.05) is 26.2 Å². The van der Waals surface area contributed by atoms with E-state index in [2.05, 4.69) is 53.2 Å². The lowest BCUT2D eigenvalue weighted by Crippen LogP contribution is -3.00. The molecular formula is C27H53ClIN. The van der Waals surface area contributed by atoms with Gasteiger partial charge < -0.3 is 16.9 Å². The van der Waals surface area contributed by atoms with Gasteiger partial charge in [-0.2, -0.15) is 0 Å². The fourth-order valence-corrected chi connectivity index (χ4v) is 4.62. The molecule has 0 aliphatic carbocycles. The normalized spacial score (nSPS) is 11.1. The highest BCUT2D eigenvalue weighted by Gasteiger charge is 2.25. The number of hydrogen-bond acceptors (Lipinski definition) is 0. The molecule has 0 spiro atoms. The van der Waals surface area contributed by atoms with E-state index in [1.54, 1.807) is 0 Å². The summed E-state index contributed by atoms with van der Waals surface area (Å²) in [5.74, 6) is 3.48. The zero-order chi connectivity index (χ0) is 21.5. The van der Waals surface area contributed by atoms with Crippen molar-refractivity contribution < 1.29 is 16.9 Å². The summed E-state index contributed by atoms with van der Waals surface area (Å²) in [6.45, 7) is 12.1. The minimum Gasteiger partial charge on any atom is -1.00 e. The number of rotatable bonds is 22. The topological polar surface area (TPSA) is 0 Å². The lowest BCUT2D eigenvalue weighted by Gasteiger charge is -2.38. The van der Waals surface area contributed by atoms with E-state index in [1.165, 1.54) is 140 Å². The van der Waals surface area contributed by atoms with Crippen molar-refractivity contribution in [1.29, 1.82) is 0 Å². The zero-order valence-corrected chi connectivity index (χ0v) is 23.7. The fourth-order valence-electron chi connectivity index (χ4n) is 4.45. The zero-order valence-electron chi connectivity index (χ0n) is 20.8. The molecule has 0 rings (SSSR count). The van der Waals surface area contributed by atoms with Crippen molar-refractivity contribution in [3.05, 3.63) is 0 Å². The highest BCUT2D eigenvalue weighted by Crippen LogP contribution is 2.18. The van der Waals surface area contributed by atoms with Crippen molar-refractivity contribution in [1.82, 2.24) is 0 Å². The molecule has 0 saturated heterocycles. The molecule has 0 aliphatic heterocycles. The van der Waals surface area contributed by atoms with E-state index in [4.69, 9.17) is 0 Å². The van der Waals surface area contributed by atoms with Crippen LogP contribution in [0.4, 0.5) is 0 Å². The minimum absolute atomic E-state index is 0. The molecule has 1 nitrogen and oxygen atoms in total. The molecule has 0 unspecified atom stereocenters. The smallest absolute Gasteiger partial charge is 0.141 e. The van der Waals surface area contributed by atoms with Crippen molar-refractivity contribution >= 4 is 22.6 Å². The molecule has 0 heterocycles. The molecule has 0 aromatic heterocycles. The summed E-state index contributed by atoms with van der Waals surface area (Å²) in [5.41, 5.74) is 0. The van der Waals surface area contributed by atoms with Crippen LogP contribution in [0, 0.1) is 9.85 Å². The molecule has 0 aromatic carbocycles. The second kappa shape index (κ2) is 25.8. The maximum absolute atomic E-state index is 3.48. The van der Waals surface area contributed by atoms with E-state index in [1.807, 2.05) is 0 Å². The standard InChI is InChI=1S/C27H53IN.ClH/c1-4-7-10-13-16-19-24-29(27-22-23-28,25-20-17-14-11-8-5-2)26-21-18-15-12-9-6-3;/h4-21,24-27H2,1-3H3;1H/q+1;/p-1. The Morgan fingerprint density at radius 3 is 1.10 bits per heavy atom. The van der Waals surface area contributed by atoms with E-state index in [9.17, 15) is 0 Å². The summed E-state index contributed by atoms with van der Waals surface area (Å²) in [7, 11) is 0. The maximum Gasteiger partial charge on any atom is 0.141 e. The van der Waals surface area contributed by atoms with Gasteiger partial charge in [-0.1, -0.05) is 97.8 Å². The van der Waals surface area contributed by atoms with Crippen molar-refractivity contribution in [3.63, 3.8) is 0 Å². The molecular weight excluding hydrogens is 501 g/mol. The van der Waals surface area contributed by atoms with Crippen molar-refractivity contribution in [2.45, 2.75) is 136 Å². The first-order valence-electron chi connectivity index (χ1n) is 13.2. The van der Waals surface area contributed by atoms with Crippen LogP contribution in [0.1, 0.15) is 136 Å². The van der Waals surface area contributed by atoms with Gasteiger partial charge in [0.2, 0.25) is 0 Å². The van der Waals surface area contributed by atoms with E-state index < -0.39 is 0 Å². The molecule has 30 heavy (non-hydrogen) atoms. The van der Waals surface area contributed by atoms with Gasteiger partial charge in [0.15, 0.2) is 0 Å². The molecule has 180 valence electrons. The van der Waals surface area contributed by atoms with Gasteiger partial charge >= 0.3 is 0 Å². The molecule has 0 aromatic rings. The Kier molecular flexibility index (Phi) is 28.1. The first-order chi connectivity index (χ1) is 14.2. The number of unbranched alkanes of at least 4 members (excludes halogenated alkanes) is 15. The Morgan fingerprint density at radius 2 is 0.800 bits per heavy atom. The van der Waals surface area contributed by atoms with Gasteiger partial charge in [-0.25, -0.2) is 0 Å². The van der Waals surface area contributed by atoms with E-state index in [0.717, 1.165) is 6.54 Å². The largest absolute Gasteiger partial charge is 1.00 e. The van der Waals surface area contributed by atoms with Gasteiger partial charge in [-0.3, -0.25) is 0 Å². The maximum atomic E-state index is 3.48. The number of hydrogen-bond donors (Lipinski definition) is 0. The fraction of sp³-hybridized carbons (Fsp3) is 0.926. The number of quaternary nitrogens is 1. The van der Waals surface area contributed by atoms with E-state index in [-0.39, 0.29) is 12.4 Å². The first-order valence-corrected chi connectivity index (χ1v) is 14.3. The quantitative estimate of drug-likeness (QED) is 0.0640. The summed E-state index contributed by atoms with van der Waals surface area (Å²) < 4.78 is 4.47. The molecule has 0 saturated carbocycles. The van der Waals surface area contributed by atoms with Crippen LogP contribution >= 0.6 is 22.6 Å². The predicted octanol–water partition coefficient (Wildman–Crippen LogP) is 6.28. The van der Waals surface area contributed by atoms with Crippen LogP contribution in [-0.2, 0) is 0 Å². The van der Waals surface area contributed by atoms with Gasteiger partial charge in [0.25, 0.3) is 0 Å². The van der Waals surface area contributed by atoms with Crippen LogP contribution in [0.2, 0.25) is 0 Å². The molecule has 0 N–H and O–H groups in total. The Bertz CT molecular complexity index is 347. The monoisotopic (exact) mass is 553 g/mol. The van der Waals surface area contributed by atoms with Crippen LogP contribution in [-0.4, -0.2) is 30.7 Å². The minimum atomic E-state index is 0. The van der Waals surface area contributed by atoms with E-state index in [0.29, 0.717) is 0 Å². The number of nitrogens with zero attached hydrogens (tertiary/aromatic N) is 1. The van der Waals surface area contributed by atoms with Crippen LogP contribution in [0.5, 0.6) is 0 Å². The molecule has 3 heteroatoms. The third-order valence-electron chi connectivity index (χ3n) is 6.44. The SMILES string of the molecule is CCCCCCCC[N+](CC#CI)(CCCCCCCC)CCCCCCCC.[Cl-]. The molecule has 0 fully saturated rings. The third kappa shape index (κ3) is 20.4. The van der Waals surface area contributed by atoms with Crippen molar-refractivity contribution in [2.24, 2.45) is 0 Å². The summed E-state index contributed by atoms with van der Waals surface area (Å²) in [5, 5.41) is 0. The van der Waals surface area contributed by atoms with E-state index >= 15 is 0 Å². The second-order valence-electron chi connectivity index (χ2n) is 9.25. The third-order valence-corrected chi connectivity index (χ3v) is 6.82. The van der Waals surface area contributed by atoms with Gasteiger partial charge in [0.1, 0.15) is 6.54 Å². The molecule has 0 atom stereocenters. The predicted molar refractivity (Wildman–Crippen MR) is 142 cm³/mol. The molecule has 0 bridgehead atoms. The molecule has 0 radical (unpaired) electrons. The molecule has 0 aliphatic rings. The first kappa shape index (κ1) is 32.7. The summed E-state index contributed by atoms with van der Waals surface area (Å²) >= 11 is 2.24. The average molecular weight is 554 g/mol. The Balaban J connectivity index is 0. The van der Waals surface area contributed by atoms with Crippen LogP contribution in [0.25, 0.3) is 0 Å². The van der Waals surface area contributed by atoms with Crippen LogP contribution < -0.4 is 12.4 Å². The lowest BCUT2D eigenvalue weighted by molar-refractivity contribution is -0.922. The Hall–Kier alpha value is 0.540. The number of halogens is 2. The Morgan fingerprint density at radius 1 is 0.500 bits per heavy atom. The van der Waals surface area contributed by atoms with Crippen LogP contribution in [0.3, 0.4) is 0 Å². The average Bonchev–Trinajstić information content (AvgIpc) is 2.74. The van der Waals surface area contributed by atoms with Gasteiger partial charge in [0, 0.05) is 22.6 Å². The lowest BCUT2D eigenvalue weighted by atomic mass is 10.1. The second-order valence-corrected chi connectivity index (χ2v) is 9.78. The Labute approximate surface area is 211 Å². The van der Waals surface area contributed by atoms with Gasteiger partial charge in [-0.15, -0.1) is 0 Å². The van der Waals surface area contributed by atoms with Crippen LogP contribution in [0.15, 0.2) is 0 Å². The summed E-state index contributed by atoms with van der Waals surface area (Å²) in [6.07, 6.45) is 25.3. The van der Waals surface area contributed by atoms with Crippen molar-refractivity contribution in [3.8, 4) is 9.85 Å². The van der Waals surface area contributed by atoms with Gasteiger partial charge in [-0.05, 0) is 48.4 Å². The highest BCUT2D eigenvalue weighted by atomic mass is 127. The highest BCUT2D eigenvalue weighted by molar-refractivity contribution is 14.1. The summed E-state index contributed by atoms with van der Waals surface area (Å²) in [4.78, 5) is 0. The molecule has 0 amide bonds. The summed E-state index contributed by atoms with van der Waals surface area (Å²) in [6, 6.07) is 0. The van der Waals surface area contributed by atoms with Gasteiger partial charge in [0.05, 0.1) is 19.6 Å².